The van der Waals surface area contributed by atoms with Crippen LogP contribution in [-0.4, -0.2) is 42.2 Å². The third-order valence-corrected chi connectivity index (χ3v) is 4.05. The summed E-state index contributed by atoms with van der Waals surface area (Å²) in [7, 11) is 3.38. The second kappa shape index (κ2) is 7.27. The van der Waals surface area contributed by atoms with Crippen molar-refractivity contribution in [2.24, 2.45) is 0 Å². The summed E-state index contributed by atoms with van der Waals surface area (Å²) in [6, 6.07) is 7.48. The maximum Gasteiger partial charge on any atom is 0.246 e. The zero-order valence-electron chi connectivity index (χ0n) is 12.7. The van der Waals surface area contributed by atoms with E-state index >= 15 is 0 Å². The zero-order chi connectivity index (χ0) is 15.2. The molecule has 0 aromatic heterocycles. The molecule has 1 amide bonds. The number of nitrogens with zero attached hydrogens (tertiary/aromatic N) is 1. The van der Waals surface area contributed by atoms with E-state index in [1.54, 1.807) is 31.2 Å². The monoisotopic (exact) mass is 289 g/mol. The van der Waals surface area contributed by atoms with Crippen molar-refractivity contribution in [3.05, 3.63) is 35.9 Å². The van der Waals surface area contributed by atoms with E-state index in [1.165, 1.54) is 0 Å². The summed E-state index contributed by atoms with van der Waals surface area (Å²) in [5.41, 5.74) is 0.917. The maximum atomic E-state index is 12.2. The molecule has 1 saturated carbocycles. The lowest BCUT2D eigenvalue weighted by atomic mass is 9.91. The van der Waals surface area contributed by atoms with Crippen LogP contribution in [0.25, 0.3) is 6.08 Å². The van der Waals surface area contributed by atoms with Crippen molar-refractivity contribution in [1.82, 2.24) is 4.90 Å². The first-order chi connectivity index (χ1) is 10.1. The Balaban J connectivity index is 2.00. The first kappa shape index (κ1) is 15.6. The summed E-state index contributed by atoms with van der Waals surface area (Å²) in [6.07, 6.45) is 6.68. The van der Waals surface area contributed by atoms with Gasteiger partial charge in [-0.05, 0) is 36.6 Å². The van der Waals surface area contributed by atoms with Gasteiger partial charge >= 0.3 is 0 Å². The highest BCUT2D eigenvalue weighted by atomic mass is 16.5. The summed E-state index contributed by atoms with van der Waals surface area (Å²) in [5.74, 6) is 0.685. The first-order valence-electron chi connectivity index (χ1n) is 7.39. The van der Waals surface area contributed by atoms with Crippen molar-refractivity contribution in [3.63, 3.8) is 0 Å². The van der Waals surface area contributed by atoms with E-state index in [0.29, 0.717) is 0 Å². The molecule has 4 heteroatoms. The predicted octanol–water partition coefficient (Wildman–Crippen LogP) is 2.47. The Morgan fingerprint density at radius 1 is 1.38 bits per heavy atom. The van der Waals surface area contributed by atoms with Gasteiger partial charge in [-0.15, -0.1) is 0 Å². The number of amides is 1. The van der Waals surface area contributed by atoms with Gasteiger partial charge in [0.2, 0.25) is 5.91 Å². The second-order valence-corrected chi connectivity index (χ2v) is 5.48. The summed E-state index contributed by atoms with van der Waals surface area (Å²) < 4.78 is 5.16. The van der Waals surface area contributed by atoms with E-state index in [0.717, 1.165) is 37.0 Å². The highest BCUT2D eigenvalue weighted by Crippen LogP contribution is 2.22. The van der Waals surface area contributed by atoms with Crippen molar-refractivity contribution in [3.8, 4) is 5.75 Å². The lowest BCUT2D eigenvalue weighted by molar-refractivity contribution is -0.130. The van der Waals surface area contributed by atoms with Crippen LogP contribution in [0.3, 0.4) is 0 Å². The van der Waals surface area contributed by atoms with Gasteiger partial charge in [0.15, 0.2) is 0 Å². The van der Waals surface area contributed by atoms with E-state index in [2.05, 4.69) is 0 Å². The van der Waals surface area contributed by atoms with Crippen LogP contribution in [-0.2, 0) is 4.79 Å². The quantitative estimate of drug-likeness (QED) is 0.866. The number of likely N-dealkylation sites (N-methyl/N-ethyl adjacent to an activating group) is 1. The normalized spacial score (nSPS) is 22.2. The molecule has 0 aliphatic heterocycles. The number of methoxy groups -OCH3 is 1. The molecule has 1 aromatic rings. The zero-order valence-corrected chi connectivity index (χ0v) is 12.7. The van der Waals surface area contributed by atoms with Gasteiger partial charge < -0.3 is 14.7 Å². The summed E-state index contributed by atoms with van der Waals surface area (Å²) in [4.78, 5) is 13.9. The Hall–Kier alpha value is -1.81. The van der Waals surface area contributed by atoms with Gasteiger partial charge in [-0.2, -0.15) is 0 Å². The standard InChI is InChI=1S/C17H23NO3/c1-18(15-8-3-4-9-16(15)19)17(20)11-10-13-6-5-7-14(12-13)21-2/h5-7,10-12,15-16,19H,3-4,8-9H2,1-2H3/b11-10+. The fourth-order valence-corrected chi connectivity index (χ4v) is 2.74. The lowest BCUT2D eigenvalue weighted by Crippen LogP contribution is -2.45. The maximum absolute atomic E-state index is 12.2. The van der Waals surface area contributed by atoms with Crippen LogP contribution in [0.5, 0.6) is 5.75 Å². The number of carbonyl (C=O) groups excluding carboxylic acids is 1. The molecule has 0 radical (unpaired) electrons. The van der Waals surface area contributed by atoms with Gasteiger partial charge in [0.05, 0.1) is 19.3 Å². The number of hydrogen-bond acceptors (Lipinski definition) is 3. The topological polar surface area (TPSA) is 49.8 Å². The molecular formula is C17H23NO3. The summed E-state index contributed by atoms with van der Waals surface area (Å²) >= 11 is 0. The van der Waals surface area contributed by atoms with Crippen LogP contribution in [0.2, 0.25) is 0 Å². The third-order valence-electron chi connectivity index (χ3n) is 4.05. The largest absolute Gasteiger partial charge is 0.497 e. The average molecular weight is 289 g/mol. The van der Waals surface area contributed by atoms with Crippen molar-refractivity contribution in [1.29, 1.82) is 0 Å². The van der Waals surface area contributed by atoms with Crippen molar-refractivity contribution < 1.29 is 14.6 Å². The summed E-state index contributed by atoms with van der Waals surface area (Å²) in [5, 5.41) is 10.0. The minimum Gasteiger partial charge on any atom is -0.497 e. The molecule has 0 heterocycles. The summed E-state index contributed by atoms with van der Waals surface area (Å²) in [6.45, 7) is 0. The van der Waals surface area contributed by atoms with Gasteiger partial charge in [0, 0.05) is 13.1 Å². The van der Waals surface area contributed by atoms with Gasteiger partial charge in [-0.3, -0.25) is 4.79 Å². The molecule has 21 heavy (non-hydrogen) atoms. The molecule has 2 rings (SSSR count). The van der Waals surface area contributed by atoms with E-state index in [4.69, 9.17) is 4.74 Å². The van der Waals surface area contributed by atoms with Gasteiger partial charge in [-0.1, -0.05) is 25.0 Å². The molecule has 1 aliphatic carbocycles. The average Bonchev–Trinajstić information content (AvgIpc) is 2.52. The van der Waals surface area contributed by atoms with Crippen LogP contribution in [0.1, 0.15) is 31.2 Å². The first-order valence-corrected chi connectivity index (χ1v) is 7.39. The number of benzene rings is 1. The number of ether oxygens (including phenoxy) is 1. The Kier molecular flexibility index (Phi) is 5.39. The molecular weight excluding hydrogens is 266 g/mol. The number of hydrogen-bond donors (Lipinski definition) is 1. The van der Waals surface area contributed by atoms with Crippen LogP contribution in [0, 0.1) is 0 Å². The Bertz CT molecular complexity index is 513. The smallest absolute Gasteiger partial charge is 0.246 e. The molecule has 1 N–H and O–H groups in total. The van der Waals surface area contributed by atoms with Gasteiger partial charge in [-0.25, -0.2) is 0 Å². The Labute approximate surface area is 126 Å². The van der Waals surface area contributed by atoms with Gasteiger partial charge in [0.25, 0.3) is 0 Å². The Morgan fingerprint density at radius 2 is 2.14 bits per heavy atom. The molecule has 0 saturated heterocycles. The molecule has 2 unspecified atom stereocenters. The van der Waals surface area contributed by atoms with Crippen molar-refractivity contribution >= 4 is 12.0 Å². The number of aliphatic hydroxyl groups excluding tert-OH is 1. The van der Waals surface area contributed by atoms with Crippen LogP contribution < -0.4 is 4.74 Å². The highest BCUT2D eigenvalue weighted by molar-refractivity contribution is 5.91. The number of rotatable bonds is 4. The molecule has 1 aromatic carbocycles. The molecule has 4 nitrogen and oxygen atoms in total. The molecule has 114 valence electrons. The van der Waals surface area contributed by atoms with E-state index in [1.807, 2.05) is 24.3 Å². The molecule has 2 atom stereocenters. The van der Waals surface area contributed by atoms with Crippen LogP contribution in [0.4, 0.5) is 0 Å². The SMILES string of the molecule is COc1cccc(/C=C/C(=O)N(C)C2CCCCC2O)c1. The van der Waals surface area contributed by atoms with E-state index in [9.17, 15) is 9.90 Å². The second-order valence-electron chi connectivity index (χ2n) is 5.48. The molecule has 1 fully saturated rings. The fraction of sp³-hybridized carbons (Fsp3) is 0.471. The van der Waals surface area contributed by atoms with Crippen LogP contribution in [0.15, 0.2) is 30.3 Å². The predicted molar refractivity (Wildman–Crippen MR) is 83.1 cm³/mol. The number of aliphatic hydroxyl groups is 1. The Morgan fingerprint density at radius 3 is 2.86 bits per heavy atom. The lowest BCUT2D eigenvalue weighted by Gasteiger charge is -2.34. The van der Waals surface area contributed by atoms with Crippen LogP contribution >= 0.6 is 0 Å². The van der Waals surface area contributed by atoms with Gasteiger partial charge in [0.1, 0.15) is 5.75 Å². The van der Waals surface area contributed by atoms with Crippen molar-refractivity contribution in [2.45, 2.75) is 37.8 Å². The molecule has 0 spiro atoms. The molecule has 0 bridgehead atoms. The van der Waals surface area contributed by atoms with E-state index < -0.39 is 6.10 Å². The van der Waals surface area contributed by atoms with Crippen molar-refractivity contribution in [2.75, 3.05) is 14.2 Å². The third kappa shape index (κ3) is 4.08. The fourth-order valence-electron chi connectivity index (χ4n) is 2.74. The van der Waals surface area contributed by atoms with E-state index in [-0.39, 0.29) is 11.9 Å². The minimum atomic E-state index is -0.405. The highest BCUT2D eigenvalue weighted by Gasteiger charge is 2.28. The number of carbonyl (C=O) groups is 1. The molecule has 1 aliphatic rings. The minimum absolute atomic E-state index is 0.0683.